The molecule has 23 heavy (non-hydrogen) atoms. The first-order valence-corrected chi connectivity index (χ1v) is 13.4. The van der Waals surface area contributed by atoms with Crippen molar-refractivity contribution in [1.82, 2.24) is 0 Å². The highest BCUT2D eigenvalue weighted by Crippen LogP contribution is 2.10. The third-order valence-corrected chi connectivity index (χ3v) is 4.95. The highest BCUT2D eigenvalue weighted by molar-refractivity contribution is 6.69. The van der Waals surface area contributed by atoms with E-state index in [4.69, 9.17) is 4.43 Å². The fourth-order valence-corrected chi connectivity index (χ4v) is 3.23. The zero-order chi connectivity index (χ0) is 17.2. The summed E-state index contributed by atoms with van der Waals surface area (Å²) >= 11 is 0. The molecule has 0 radical (unpaired) electrons. The van der Waals surface area contributed by atoms with E-state index in [0.717, 1.165) is 13.0 Å². The topological polar surface area (TPSA) is 9.23 Å². The molecule has 0 atom stereocenters. The second kappa shape index (κ2) is 16.5. The minimum atomic E-state index is -1.28. The van der Waals surface area contributed by atoms with Crippen LogP contribution in [0.2, 0.25) is 19.6 Å². The first kappa shape index (κ1) is 22.7. The van der Waals surface area contributed by atoms with E-state index >= 15 is 0 Å². The SMILES string of the molecule is CCCCC/C=C\C/C=C\CCCCCCCCO[Si](C)(C)C. The van der Waals surface area contributed by atoms with Gasteiger partial charge in [-0.15, -0.1) is 0 Å². The maximum atomic E-state index is 5.87. The van der Waals surface area contributed by atoms with Gasteiger partial charge in [-0.2, -0.15) is 0 Å². The molecule has 1 nitrogen and oxygen atoms in total. The van der Waals surface area contributed by atoms with Gasteiger partial charge in [0.1, 0.15) is 0 Å². The predicted octanol–water partition coefficient (Wildman–Crippen LogP) is 7.65. The summed E-state index contributed by atoms with van der Waals surface area (Å²) in [6, 6.07) is 0. The van der Waals surface area contributed by atoms with Crippen molar-refractivity contribution in [3.63, 3.8) is 0 Å². The molecule has 0 N–H and O–H groups in total. The molecule has 0 heterocycles. The van der Waals surface area contributed by atoms with Crippen LogP contribution >= 0.6 is 0 Å². The summed E-state index contributed by atoms with van der Waals surface area (Å²) in [6.07, 6.45) is 25.1. The van der Waals surface area contributed by atoms with Crippen LogP contribution in [0.1, 0.15) is 84.0 Å². The van der Waals surface area contributed by atoms with Gasteiger partial charge in [-0.1, -0.05) is 69.8 Å². The van der Waals surface area contributed by atoms with Crippen molar-refractivity contribution in [1.29, 1.82) is 0 Å². The van der Waals surface area contributed by atoms with Crippen LogP contribution in [0.5, 0.6) is 0 Å². The summed E-state index contributed by atoms with van der Waals surface area (Å²) in [5, 5.41) is 0. The monoisotopic (exact) mass is 338 g/mol. The Kier molecular flexibility index (Phi) is 16.3. The molecule has 0 aliphatic heterocycles. The summed E-state index contributed by atoms with van der Waals surface area (Å²) in [5.41, 5.74) is 0. The van der Waals surface area contributed by atoms with Crippen molar-refractivity contribution in [3.8, 4) is 0 Å². The van der Waals surface area contributed by atoms with Gasteiger partial charge in [0, 0.05) is 6.61 Å². The van der Waals surface area contributed by atoms with Crippen molar-refractivity contribution < 1.29 is 4.43 Å². The van der Waals surface area contributed by atoms with Crippen LogP contribution in [0.4, 0.5) is 0 Å². The molecule has 0 rings (SSSR count). The van der Waals surface area contributed by atoms with Gasteiger partial charge < -0.3 is 4.43 Å². The smallest absolute Gasteiger partial charge is 0.183 e. The van der Waals surface area contributed by atoms with Crippen LogP contribution in [-0.4, -0.2) is 14.9 Å². The van der Waals surface area contributed by atoms with Crippen molar-refractivity contribution in [3.05, 3.63) is 24.3 Å². The highest BCUT2D eigenvalue weighted by Gasteiger charge is 2.12. The molecule has 136 valence electrons. The van der Waals surface area contributed by atoms with E-state index in [0.29, 0.717) is 0 Å². The van der Waals surface area contributed by atoms with Gasteiger partial charge in [0.2, 0.25) is 0 Å². The first-order valence-electron chi connectivity index (χ1n) is 10.00. The predicted molar refractivity (Wildman–Crippen MR) is 109 cm³/mol. The molecular formula is C21H42OSi. The second-order valence-corrected chi connectivity index (χ2v) is 12.1. The molecule has 0 aliphatic carbocycles. The van der Waals surface area contributed by atoms with Gasteiger partial charge in [0.25, 0.3) is 0 Å². The van der Waals surface area contributed by atoms with Crippen molar-refractivity contribution >= 4 is 8.32 Å². The van der Waals surface area contributed by atoms with E-state index in [1.165, 1.54) is 70.6 Å². The van der Waals surface area contributed by atoms with E-state index in [2.05, 4.69) is 50.9 Å². The summed E-state index contributed by atoms with van der Waals surface area (Å²) in [4.78, 5) is 0. The number of hydrogen-bond donors (Lipinski definition) is 0. The Bertz CT molecular complexity index is 289. The zero-order valence-corrected chi connectivity index (χ0v) is 17.4. The maximum absolute atomic E-state index is 5.87. The fraction of sp³-hybridized carbons (Fsp3) is 0.810. The average molecular weight is 339 g/mol. The van der Waals surface area contributed by atoms with Crippen LogP contribution in [-0.2, 0) is 4.43 Å². The molecule has 0 aromatic heterocycles. The van der Waals surface area contributed by atoms with Crippen LogP contribution in [0.3, 0.4) is 0 Å². The van der Waals surface area contributed by atoms with E-state index in [9.17, 15) is 0 Å². The molecule has 0 aliphatic rings. The Morgan fingerprint density at radius 1 is 0.652 bits per heavy atom. The molecule has 0 spiro atoms. The standard InChI is InChI=1S/C21H42OSi/c1-5-6-7-8-9-10-11-12-13-14-15-16-17-18-19-20-21-22-23(2,3)4/h9-10,12-13H,5-8,11,14-21H2,1-4H3/b10-9-,13-12-. The van der Waals surface area contributed by atoms with Gasteiger partial charge in [-0.3, -0.25) is 0 Å². The molecule has 0 saturated carbocycles. The normalized spacial score (nSPS) is 12.7. The van der Waals surface area contributed by atoms with Crippen LogP contribution < -0.4 is 0 Å². The van der Waals surface area contributed by atoms with E-state index in [1.54, 1.807) is 0 Å². The third kappa shape index (κ3) is 21.7. The van der Waals surface area contributed by atoms with Gasteiger partial charge >= 0.3 is 0 Å². The fourth-order valence-electron chi connectivity index (χ4n) is 2.47. The van der Waals surface area contributed by atoms with E-state index in [-0.39, 0.29) is 0 Å². The molecular weight excluding hydrogens is 296 g/mol. The lowest BCUT2D eigenvalue weighted by Crippen LogP contribution is -2.25. The van der Waals surface area contributed by atoms with Crippen molar-refractivity contribution in [2.24, 2.45) is 0 Å². The molecule has 0 aromatic carbocycles. The van der Waals surface area contributed by atoms with Gasteiger partial charge in [-0.25, -0.2) is 0 Å². The summed E-state index contributed by atoms with van der Waals surface area (Å²) in [5.74, 6) is 0. The van der Waals surface area contributed by atoms with E-state index < -0.39 is 8.32 Å². The molecule has 0 saturated heterocycles. The third-order valence-electron chi connectivity index (χ3n) is 3.88. The highest BCUT2D eigenvalue weighted by atomic mass is 28.4. The first-order chi connectivity index (χ1) is 11.1. The quantitative estimate of drug-likeness (QED) is 0.159. The lowest BCUT2D eigenvalue weighted by molar-refractivity contribution is 0.298. The van der Waals surface area contributed by atoms with Crippen molar-refractivity contribution in [2.45, 2.75) is 104 Å². The molecule has 0 unspecified atom stereocenters. The number of unbranched alkanes of at least 4 members (excludes halogenated alkanes) is 9. The van der Waals surface area contributed by atoms with Gasteiger partial charge in [0.05, 0.1) is 0 Å². The molecule has 0 amide bonds. The van der Waals surface area contributed by atoms with Crippen molar-refractivity contribution in [2.75, 3.05) is 6.61 Å². The largest absolute Gasteiger partial charge is 0.418 e. The Hall–Kier alpha value is -0.343. The summed E-state index contributed by atoms with van der Waals surface area (Å²) in [6.45, 7) is 10.0. The lowest BCUT2D eigenvalue weighted by atomic mass is 10.1. The molecule has 0 aromatic rings. The van der Waals surface area contributed by atoms with Crippen LogP contribution in [0, 0.1) is 0 Å². The lowest BCUT2D eigenvalue weighted by Gasteiger charge is -2.16. The summed E-state index contributed by atoms with van der Waals surface area (Å²) < 4.78 is 5.87. The number of rotatable bonds is 16. The van der Waals surface area contributed by atoms with Gasteiger partial charge in [0.15, 0.2) is 8.32 Å². The van der Waals surface area contributed by atoms with E-state index in [1.807, 2.05) is 0 Å². The Morgan fingerprint density at radius 2 is 1.17 bits per heavy atom. The number of hydrogen-bond acceptors (Lipinski definition) is 1. The molecule has 0 bridgehead atoms. The maximum Gasteiger partial charge on any atom is 0.183 e. The Labute approximate surface area is 147 Å². The molecule has 0 fully saturated rings. The Morgan fingerprint density at radius 3 is 1.74 bits per heavy atom. The minimum Gasteiger partial charge on any atom is -0.418 e. The van der Waals surface area contributed by atoms with Crippen LogP contribution in [0.15, 0.2) is 24.3 Å². The second-order valence-electron chi connectivity index (χ2n) is 7.55. The summed E-state index contributed by atoms with van der Waals surface area (Å²) in [7, 11) is -1.28. The average Bonchev–Trinajstić information content (AvgIpc) is 2.49. The zero-order valence-electron chi connectivity index (χ0n) is 16.4. The van der Waals surface area contributed by atoms with Crippen LogP contribution in [0.25, 0.3) is 0 Å². The Balaban J connectivity index is 3.19. The van der Waals surface area contributed by atoms with Gasteiger partial charge in [-0.05, 0) is 58.2 Å². The number of allylic oxidation sites excluding steroid dienone is 4. The minimum absolute atomic E-state index is 0.977. The molecule has 2 heteroatoms.